The molecule has 4 heteroatoms. The van der Waals surface area contributed by atoms with Crippen LogP contribution in [0.2, 0.25) is 0 Å². The standard InChI is InChI=1S/C22H24N2O2/c1-2-3-15-4-7-17(8-5-15)22-18-11-23-12-19(22)24(18)13-16-6-9-20-21(10-16)26-14-25-20/h2-10,18-19,22-23H,11-14H2,1H3/b3-2+/t18-,19+,22?. The molecule has 3 atom stereocenters. The van der Waals surface area contributed by atoms with Crippen LogP contribution in [-0.2, 0) is 6.54 Å². The molecular weight excluding hydrogens is 324 g/mol. The van der Waals surface area contributed by atoms with Crippen molar-refractivity contribution >= 4 is 6.08 Å². The zero-order valence-corrected chi connectivity index (χ0v) is 15.0. The molecule has 2 bridgehead atoms. The summed E-state index contributed by atoms with van der Waals surface area (Å²) >= 11 is 0. The first-order chi connectivity index (χ1) is 12.8. The molecule has 0 spiro atoms. The minimum absolute atomic E-state index is 0.336. The Morgan fingerprint density at radius 3 is 2.58 bits per heavy atom. The van der Waals surface area contributed by atoms with Crippen molar-refractivity contribution in [1.82, 2.24) is 10.2 Å². The Morgan fingerprint density at radius 1 is 1.04 bits per heavy atom. The number of benzene rings is 2. The van der Waals surface area contributed by atoms with Gasteiger partial charge < -0.3 is 14.8 Å². The number of allylic oxidation sites excluding steroid dienone is 1. The van der Waals surface area contributed by atoms with Crippen LogP contribution in [0.3, 0.4) is 0 Å². The number of rotatable bonds is 4. The van der Waals surface area contributed by atoms with Gasteiger partial charge in [-0.25, -0.2) is 0 Å². The molecule has 0 amide bonds. The number of piperidine rings is 1. The molecule has 2 aromatic rings. The number of hydrogen-bond donors (Lipinski definition) is 1. The maximum absolute atomic E-state index is 5.53. The van der Waals surface area contributed by atoms with Gasteiger partial charge in [0.05, 0.1) is 0 Å². The third-order valence-electron chi connectivity index (χ3n) is 5.87. The van der Waals surface area contributed by atoms with E-state index >= 15 is 0 Å². The lowest BCUT2D eigenvalue weighted by Gasteiger charge is -2.59. The summed E-state index contributed by atoms with van der Waals surface area (Å²) in [5.74, 6) is 2.37. The fourth-order valence-electron chi connectivity index (χ4n) is 4.63. The highest BCUT2D eigenvalue weighted by Crippen LogP contribution is 2.44. The maximum Gasteiger partial charge on any atom is 0.231 e. The van der Waals surface area contributed by atoms with Crippen LogP contribution in [0.25, 0.3) is 6.08 Å². The Balaban J connectivity index is 1.33. The molecule has 26 heavy (non-hydrogen) atoms. The van der Waals surface area contributed by atoms with Gasteiger partial charge in [-0.3, -0.25) is 4.90 Å². The minimum atomic E-state index is 0.336. The molecule has 5 rings (SSSR count). The monoisotopic (exact) mass is 348 g/mol. The second kappa shape index (κ2) is 6.45. The Bertz CT molecular complexity index is 819. The number of piperazine rings is 1. The van der Waals surface area contributed by atoms with E-state index in [1.807, 2.05) is 6.07 Å². The summed E-state index contributed by atoms with van der Waals surface area (Å²) in [4.78, 5) is 2.64. The van der Waals surface area contributed by atoms with Crippen molar-refractivity contribution < 1.29 is 9.47 Å². The Kier molecular flexibility index (Phi) is 3.95. The average Bonchev–Trinajstić information content (AvgIpc) is 3.15. The number of hydrogen-bond acceptors (Lipinski definition) is 4. The van der Waals surface area contributed by atoms with Crippen LogP contribution >= 0.6 is 0 Å². The van der Waals surface area contributed by atoms with Gasteiger partial charge in [0.2, 0.25) is 6.79 Å². The van der Waals surface area contributed by atoms with Crippen LogP contribution in [0, 0.1) is 0 Å². The quantitative estimate of drug-likeness (QED) is 0.918. The van der Waals surface area contributed by atoms with Gasteiger partial charge in [-0.2, -0.15) is 0 Å². The van der Waals surface area contributed by atoms with Crippen molar-refractivity contribution in [2.24, 2.45) is 0 Å². The second-order valence-corrected chi connectivity index (χ2v) is 7.35. The lowest BCUT2D eigenvalue weighted by molar-refractivity contribution is -0.0483. The zero-order chi connectivity index (χ0) is 17.5. The van der Waals surface area contributed by atoms with Crippen LogP contribution in [0.4, 0.5) is 0 Å². The van der Waals surface area contributed by atoms with Gasteiger partial charge in [-0.05, 0) is 35.7 Å². The summed E-state index contributed by atoms with van der Waals surface area (Å²) in [6, 6.07) is 16.5. The van der Waals surface area contributed by atoms with E-state index in [2.05, 4.69) is 65.7 Å². The Hall–Kier alpha value is -2.30. The molecule has 1 N–H and O–H groups in total. The molecule has 0 aromatic heterocycles. The first-order valence-electron chi connectivity index (χ1n) is 9.41. The van der Waals surface area contributed by atoms with E-state index in [0.29, 0.717) is 24.8 Å². The Morgan fingerprint density at radius 2 is 1.81 bits per heavy atom. The van der Waals surface area contributed by atoms with E-state index in [0.717, 1.165) is 31.1 Å². The van der Waals surface area contributed by atoms with E-state index in [4.69, 9.17) is 9.47 Å². The van der Waals surface area contributed by atoms with E-state index in [9.17, 15) is 0 Å². The van der Waals surface area contributed by atoms with E-state index in [-0.39, 0.29) is 0 Å². The SMILES string of the molecule is C/C=C/c1ccc(C2[C@H]3CNC[C@@H]2N3Cc2ccc3c(c2)OCO3)cc1. The number of ether oxygens (including phenoxy) is 2. The van der Waals surface area contributed by atoms with Gasteiger partial charge in [-0.1, -0.05) is 42.5 Å². The molecule has 3 aliphatic rings. The summed E-state index contributed by atoms with van der Waals surface area (Å²) in [6.07, 6.45) is 4.24. The number of nitrogens with one attached hydrogen (secondary N) is 1. The number of likely N-dealkylation sites (tertiary alicyclic amines) is 1. The van der Waals surface area contributed by atoms with Crippen LogP contribution < -0.4 is 14.8 Å². The predicted molar refractivity (Wildman–Crippen MR) is 102 cm³/mol. The largest absolute Gasteiger partial charge is 0.454 e. The summed E-state index contributed by atoms with van der Waals surface area (Å²) in [7, 11) is 0. The molecule has 0 saturated carbocycles. The van der Waals surface area contributed by atoms with E-state index in [1.165, 1.54) is 16.7 Å². The second-order valence-electron chi connectivity index (χ2n) is 7.35. The summed E-state index contributed by atoms with van der Waals surface area (Å²) in [5, 5.41) is 3.58. The van der Waals surface area contributed by atoms with Crippen molar-refractivity contribution in [2.75, 3.05) is 19.9 Å². The molecule has 0 radical (unpaired) electrons. The molecule has 3 aliphatic heterocycles. The minimum Gasteiger partial charge on any atom is -0.454 e. The molecule has 0 aliphatic carbocycles. The summed E-state index contributed by atoms with van der Waals surface area (Å²) in [6.45, 7) is 5.48. The fraction of sp³-hybridized carbons (Fsp3) is 0.364. The van der Waals surface area contributed by atoms with Gasteiger partial charge in [0.25, 0.3) is 0 Å². The average molecular weight is 348 g/mol. The normalized spacial score (nSPS) is 26.9. The van der Waals surface area contributed by atoms with E-state index < -0.39 is 0 Å². The summed E-state index contributed by atoms with van der Waals surface area (Å²) in [5.41, 5.74) is 4.04. The lowest BCUT2D eigenvalue weighted by atomic mass is 9.72. The fourth-order valence-corrected chi connectivity index (χ4v) is 4.63. The molecule has 134 valence electrons. The highest BCUT2D eigenvalue weighted by molar-refractivity contribution is 5.50. The topological polar surface area (TPSA) is 33.7 Å². The van der Waals surface area contributed by atoms with Gasteiger partial charge in [0.15, 0.2) is 11.5 Å². The maximum atomic E-state index is 5.53. The first kappa shape index (κ1) is 15.9. The van der Waals surface area contributed by atoms with Gasteiger partial charge in [-0.15, -0.1) is 0 Å². The van der Waals surface area contributed by atoms with Gasteiger partial charge >= 0.3 is 0 Å². The van der Waals surface area contributed by atoms with Crippen molar-refractivity contribution in [3.8, 4) is 11.5 Å². The molecule has 4 nitrogen and oxygen atoms in total. The van der Waals surface area contributed by atoms with Crippen LogP contribution in [-0.4, -0.2) is 36.9 Å². The van der Waals surface area contributed by atoms with Crippen molar-refractivity contribution in [1.29, 1.82) is 0 Å². The smallest absolute Gasteiger partial charge is 0.231 e. The molecule has 3 heterocycles. The molecule has 2 saturated heterocycles. The van der Waals surface area contributed by atoms with Crippen molar-refractivity contribution in [2.45, 2.75) is 31.5 Å². The zero-order valence-electron chi connectivity index (χ0n) is 15.0. The van der Waals surface area contributed by atoms with Crippen LogP contribution in [0.15, 0.2) is 48.5 Å². The number of nitrogens with zero attached hydrogens (tertiary/aromatic N) is 1. The van der Waals surface area contributed by atoms with Crippen molar-refractivity contribution in [3.63, 3.8) is 0 Å². The number of fused-ring (bicyclic) bond motifs is 3. The van der Waals surface area contributed by atoms with Crippen LogP contribution in [0.5, 0.6) is 11.5 Å². The predicted octanol–water partition coefficient (Wildman–Crippen LogP) is 3.39. The molecule has 2 aromatic carbocycles. The molecule has 2 fully saturated rings. The van der Waals surface area contributed by atoms with Gasteiger partial charge in [0, 0.05) is 37.6 Å². The van der Waals surface area contributed by atoms with Crippen molar-refractivity contribution in [3.05, 3.63) is 65.2 Å². The third kappa shape index (κ3) is 2.61. The van der Waals surface area contributed by atoms with Crippen LogP contribution in [0.1, 0.15) is 29.5 Å². The first-order valence-corrected chi connectivity index (χ1v) is 9.41. The lowest BCUT2D eigenvalue weighted by Crippen LogP contribution is -2.72. The summed E-state index contributed by atoms with van der Waals surface area (Å²) < 4.78 is 11.0. The Labute approximate surface area is 154 Å². The molecule has 1 unspecified atom stereocenters. The third-order valence-corrected chi connectivity index (χ3v) is 5.87. The molecular formula is C22H24N2O2. The van der Waals surface area contributed by atoms with E-state index in [1.54, 1.807) is 0 Å². The highest BCUT2D eigenvalue weighted by Gasteiger charge is 2.50. The van der Waals surface area contributed by atoms with Gasteiger partial charge in [0.1, 0.15) is 0 Å². The highest BCUT2D eigenvalue weighted by atomic mass is 16.7.